The molecule has 80 valence electrons. The number of aliphatic hydroxyl groups excluding tert-OH is 1. The molecule has 0 aromatic carbocycles. The largest absolute Gasteiger partial charge is 0.546 e. The zero-order chi connectivity index (χ0) is 11.6. The maximum absolute atomic E-state index is 10.4. The number of rotatable bonds is 4. The molecule has 14 heavy (non-hydrogen) atoms. The average Bonchev–Trinajstić information content (AvgIpc) is 1.99. The van der Waals surface area contributed by atoms with Crippen molar-refractivity contribution >= 4 is 5.97 Å². The van der Waals surface area contributed by atoms with Gasteiger partial charge in [-0.1, -0.05) is 0 Å². The Morgan fingerprint density at radius 3 is 2.29 bits per heavy atom. The smallest absolute Gasteiger partial charge is 0.222 e. The Morgan fingerprint density at radius 2 is 2.07 bits per heavy atom. The van der Waals surface area contributed by atoms with Crippen LogP contribution in [0, 0.1) is 11.3 Å². The minimum absolute atomic E-state index is 0.0714. The molecule has 0 aromatic rings. The summed E-state index contributed by atoms with van der Waals surface area (Å²) in [5, 5.41) is 37.5. The topological polar surface area (TPSA) is 104 Å². The number of likely N-dealkylation sites (N-methyl/N-ethyl adjacent to an activating group) is 1. The second kappa shape index (κ2) is 3.92. The Morgan fingerprint density at radius 1 is 1.64 bits per heavy atom. The molecule has 0 aliphatic carbocycles. The highest BCUT2D eigenvalue weighted by Gasteiger charge is 2.40. The fourth-order valence-electron chi connectivity index (χ4n) is 0.907. The standard InChI is InChI=1S/C8H14N2O4/c1-10(2,3)4-6(11)8(14,5-9)7(12)13/h6,11,14H,4H2,1-3H3. The van der Waals surface area contributed by atoms with Crippen molar-refractivity contribution in [1.82, 2.24) is 0 Å². The minimum atomic E-state index is -2.84. The first-order valence-electron chi connectivity index (χ1n) is 3.97. The Hall–Kier alpha value is -1.16. The van der Waals surface area contributed by atoms with Crippen molar-refractivity contribution in [1.29, 1.82) is 5.26 Å². The van der Waals surface area contributed by atoms with E-state index in [1.807, 2.05) is 0 Å². The third kappa shape index (κ3) is 2.96. The molecular weight excluding hydrogens is 188 g/mol. The van der Waals surface area contributed by atoms with Gasteiger partial charge in [-0.05, 0) is 0 Å². The highest BCUT2D eigenvalue weighted by Crippen LogP contribution is 2.11. The molecule has 0 heterocycles. The van der Waals surface area contributed by atoms with Gasteiger partial charge in [0.2, 0.25) is 5.60 Å². The highest BCUT2D eigenvalue weighted by molar-refractivity contribution is 5.79. The third-order valence-corrected chi connectivity index (χ3v) is 1.68. The number of carbonyl (C=O) groups is 1. The molecule has 0 aromatic heterocycles. The van der Waals surface area contributed by atoms with Gasteiger partial charge in [0.1, 0.15) is 12.6 Å². The van der Waals surface area contributed by atoms with E-state index in [1.165, 1.54) is 0 Å². The molecule has 0 rings (SSSR count). The lowest BCUT2D eigenvalue weighted by Crippen LogP contribution is -2.60. The van der Waals surface area contributed by atoms with Gasteiger partial charge in [-0.25, -0.2) is 0 Å². The quantitative estimate of drug-likeness (QED) is 0.375. The maximum atomic E-state index is 10.4. The van der Waals surface area contributed by atoms with Gasteiger partial charge in [-0.3, -0.25) is 0 Å². The summed E-state index contributed by atoms with van der Waals surface area (Å²) in [7, 11) is 5.07. The molecule has 0 aliphatic rings. The van der Waals surface area contributed by atoms with Crippen LogP contribution in [0.15, 0.2) is 0 Å². The zero-order valence-corrected chi connectivity index (χ0v) is 8.39. The molecule has 0 amide bonds. The van der Waals surface area contributed by atoms with Crippen molar-refractivity contribution in [3.63, 3.8) is 0 Å². The Balaban J connectivity index is 4.75. The van der Waals surface area contributed by atoms with Gasteiger partial charge in [-0.2, -0.15) is 5.26 Å². The number of nitrogens with zero attached hydrogens (tertiary/aromatic N) is 2. The number of quaternary nitrogens is 1. The number of carbonyl (C=O) groups excluding carboxylic acids is 1. The molecule has 6 heteroatoms. The summed E-state index contributed by atoms with van der Waals surface area (Å²) in [5.41, 5.74) is -2.84. The Kier molecular flexibility index (Phi) is 3.59. The van der Waals surface area contributed by atoms with Crippen molar-refractivity contribution < 1.29 is 24.6 Å². The zero-order valence-electron chi connectivity index (χ0n) is 8.39. The van der Waals surface area contributed by atoms with E-state index in [0.29, 0.717) is 0 Å². The summed E-state index contributed by atoms with van der Waals surface area (Å²) in [6, 6.07) is 1.13. The van der Waals surface area contributed by atoms with Crippen molar-refractivity contribution in [3.8, 4) is 6.07 Å². The number of hydrogen-bond donors (Lipinski definition) is 2. The van der Waals surface area contributed by atoms with E-state index in [0.717, 1.165) is 6.07 Å². The molecule has 6 nitrogen and oxygen atoms in total. The molecule has 0 radical (unpaired) electrons. The fourth-order valence-corrected chi connectivity index (χ4v) is 0.907. The van der Waals surface area contributed by atoms with Crippen molar-refractivity contribution in [2.75, 3.05) is 27.7 Å². The van der Waals surface area contributed by atoms with Crippen LogP contribution in [0.2, 0.25) is 0 Å². The highest BCUT2D eigenvalue weighted by atomic mass is 16.4. The van der Waals surface area contributed by atoms with E-state index in [4.69, 9.17) is 5.26 Å². The SMILES string of the molecule is C[N+](C)(C)CC(O)C(O)(C#N)C(=O)[O-]. The van der Waals surface area contributed by atoms with E-state index in [9.17, 15) is 20.1 Å². The number of hydrogen-bond acceptors (Lipinski definition) is 5. The Labute approximate surface area is 82.2 Å². The molecule has 0 fully saturated rings. The van der Waals surface area contributed by atoms with Crippen LogP contribution in [0.4, 0.5) is 0 Å². The third-order valence-electron chi connectivity index (χ3n) is 1.68. The summed E-state index contributed by atoms with van der Waals surface area (Å²) in [6.45, 7) is -0.0714. The van der Waals surface area contributed by atoms with Crippen molar-refractivity contribution in [2.24, 2.45) is 0 Å². The van der Waals surface area contributed by atoms with Crippen LogP contribution in [0.3, 0.4) is 0 Å². The molecule has 2 unspecified atom stereocenters. The lowest BCUT2D eigenvalue weighted by Gasteiger charge is -2.32. The first kappa shape index (κ1) is 12.8. The van der Waals surface area contributed by atoms with Gasteiger partial charge >= 0.3 is 0 Å². The van der Waals surface area contributed by atoms with Gasteiger partial charge in [0, 0.05) is 0 Å². The monoisotopic (exact) mass is 202 g/mol. The molecular formula is C8H14N2O4. The van der Waals surface area contributed by atoms with Crippen molar-refractivity contribution in [2.45, 2.75) is 11.7 Å². The lowest BCUT2D eigenvalue weighted by atomic mass is 9.98. The normalized spacial score (nSPS) is 18.0. The van der Waals surface area contributed by atoms with E-state index in [1.54, 1.807) is 21.1 Å². The minimum Gasteiger partial charge on any atom is -0.546 e. The van der Waals surface area contributed by atoms with Crippen LogP contribution < -0.4 is 5.11 Å². The number of aliphatic carboxylic acids is 1. The van der Waals surface area contributed by atoms with Gasteiger partial charge in [0.25, 0.3) is 0 Å². The van der Waals surface area contributed by atoms with E-state index < -0.39 is 17.7 Å². The van der Waals surface area contributed by atoms with Gasteiger partial charge in [0.15, 0.2) is 6.10 Å². The van der Waals surface area contributed by atoms with E-state index in [2.05, 4.69) is 0 Å². The lowest BCUT2D eigenvalue weighted by molar-refractivity contribution is -0.874. The summed E-state index contributed by atoms with van der Waals surface area (Å²) in [5.74, 6) is -1.99. The second-order valence-corrected chi connectivity index (χ2v) is 4.15. The van der Waals surface area contributed by atoms with E-state index in [-0.39, 0.29) is 11.0 Å². The molecule has 0 saturated carbocycles. The first-order chi connectivity index (χ1) is 6.13. The summed E-state index contributed by atoms with van der Waals surface area (Å²) in [4.78, 5) is 10.4. The summed E-state index contributed by atoms with van der Waals surface area (Å²) < 4.78 is 0.221. The molecule has 0 saturated heterocycles. The number of nitriles is 1. The van der Waals surface area contributed by atoms with Crippen LogP contribution in [0.5, 0.6) is 0 Å². The first-order valence-corrected chi connectivity index (χ1v) is 3.97. The predicted molar refractivity (Wildman–Crippen MR) is 44.5 cm³/mol. The molecule has 2 N–H and O–H groups in total. The van der Waals surface area contributed by atoms with Crippen LogP contribution in [-0.2, 0) is 4.79 Å². The van der Waals surface area contributed by atoms with Crippen molar-refractivity contribution in [3.05, 3.63) is 0 Å². The molecule has 0 spiro atoms. The number of carboxylic acid groups (broad SMARTS) is 1. The molecule has 2 atom stereocenters. The van der Waals surface area contributed by atoms with Crippen LogP contribution in [0.25, 0.3) is 0 Å². The average molecular weight is 202 g/mol. The second-order valence-electron chi connectivity index (χ2n) is 4.15. The number of carboxylic acids is 1. The van der Waals surface area contributed by atoms with Gasteiger partial charge in [0.05, 0.1) is 27.1 Å². The van der Waals surface area contributed by atoms with E-state index >= 15 is 0 Å². The fraction of sp³-hybridized carbons (Fsp3) is 0.750. The van der Waals surface area contributed by atoms with Crippen LogP contribution >= 0.6 is 0 Å². The number of aliphatic hydroxyl groups is 2. The van der Waals surface area contributed by atoms with Gasteiger partial charge < -0.3 is 24.6 Å². The molecule has 0 aliphatic heterocycles. The molecule has 0 bridgehead atoms. The summed E-state index contributed by atoms with van der Waals surface area (Å²) in [6.07, 6.45) is -1.68. The van der Waals surface area contributed by atoms with Crippen LogP contribution in [-0.4, -0.2) is 60.1 Å². The predicted octanol–water partition coefficient (Wildman–Crippen LogP) is -2.94. The Bertz CT molecular complexity index is 265. The summed E-state index contributed by atoms with van der Waals surface area (Å²) >= 11 is 0. The van der Waals surface area contributed by atoms with Gasteiger partial charge in [-0.15, -0.1) is 0 Å². The van der Waals surface area contributed by atoms with Crippen LogP contribution in [0.1, 0.15) is 0 Å². The maximum Gasteiger partial charge on any atom is 0.222 e.